The molecule has 2 N–H and O–H groups in total. The largest absolute Gasteiger partial charge is 0.505 e. The maximum Gasteiger partial charge on any atom is 0.301 e. The van der Waals surface area contributed by atoms with Crippen molar-refractivity contribution in [2.24, 2.45) is 0 Å². The highest BCUT2D eigenvalue weighted by molar-refractivity contribution is 7.90. The van der Waals surface area contributed by atoms with Gasteiger partial charge in [0.1, 0.15) is 5.75 Å². The Morgan fingerprint density at radius 2 is 2.15 bits per heavy atom. The molecule has 1 saturated heterocycles. The molecule has 1 aromatic carbocycles. The number of phenols is 1. The maximum atomic E-state index is 12.3. The van der Waals surface area contributed by atoms with Gasteiger partial charge in [-0.15, -0.1) is 0 Å². The first-order chi connectivity index (χ1) is 9.54. The molecule has 0 unspecified atom stereocenters. The number of nitrogens with zero attached hydrogens (tertiary/aromatic N) is 1. The molecule has 0 radical (unpaired) electrons. The Bertz CT molecular complexity index is 551. The number of phenolic OH excluding ortho intramolecular Hbond substituents is 1. The lowest BCUT2D eigenvalue weighted by molar-refractivity contribution is 0.148. The van der Waals surface area contributed by atoms with Gasteiger partial charge in [0.2, 0.25) is 0 Å². The molecule has 0 aromatic heterocycles. The van der Waals surface area contributed by atoms with Crippen molar-refractivity contribution in [2.45, 2.75) is 19.8 Å². The van der Waals surface area contributed by atoms with Crippen LogP contribution in [0.5, 0.6) is 5.75 Å². The van der Waals surface area contributed by atoms with E-state index in [0.29, 0.717) is 44.7 Å². The van der Waals surface area contributed by atoms with E-state index in [4.69, 9.17) is 4.74 Å². The number of benzene rings is 1. The van der Waals surface area contributed by atoms with E-state index in [-0.39, 0.29) is 11.4 Å². The van der Waals surface area contributed by atoms with Crippen molar-refractivity contribution in [3.63, 3.8) is 0 Å². The monoisotopic (exact) mass is 300 g/mol. The smallest absolute Gasteiger partial charge is 0.301 e. The first kappa shape index (κ1) is 15.1. The standard InChI is InChI=1S/C13H20N2O4S/c1-2-11-5-3-6-12(13(11)16)14-20(17,18)15-7-4-9-19-10-8-15/h3,5-6,14,16H,2,4,7-10H2,1H3. The summed E-state index contributed by atoms with van der Waals surface area (Å²) >= 11 is 0. The van der Waals surface area contributed by atoms with Crippen molar-refractivity contribution in [1.82, 2.24) is 4.31 Å². The second kappa shape index (κ2) is 6.43. The highest BCUT2D eigenvalue weighted by Gasteiger charge is 2.24. The van der Waals surface area contributed by atoms with Crippen LogP contribution >= 0.6 is 0 Å². The van der Waals surface area contributed by atoms with Gasteiger partial charge >= 0.3 is 10.2 Å². The molecule has 112 valence electrons. The normalized spacial score (nSPS) is 17.6. The fraction of sp³-hybridized carbons (Fsp3) is 0.538. The van der Waals surface area contributed by atoms with E-state index in [1.165, 1.54) is 4.31 Å². The zero-order valence-electron chi connectivity index (χ0n) is 11.5. The molecule has 0 saturated carbocycles. The van der Waals surface area contributed by atoms with Crippen LogP contribution in [0.3, 0.4) is 0 Å². The summed E-state index contributed by atoms with van der Waals surface area (Å²) in [5.41, 5.74) is 0.930. The van der Waals surface area contributed by atoms with E-state index in [1.807, 2.05) is 6.92 Å². The van der Waals surface area contributed by atoms with Gasteiger partial charge in [-0.25, -0.2) is 0 Å². The topological polar surface area (TPSA) is 78.9 Å². The quantitative estimate of drug-likeness (QED) is 0.822. The lowest BCUT2D eigenvalue weighted by Gasteiger charge is -2.21. The number of hydrogen-bond donors (Lipinski definition) is 2. The van der Waals surface area contributed by atoms with Crippen LogP contribution < -0.4 is 4.72 Å². The molecule has 6 nitrogen and oxygen atoms in total. The predicted molar refractivity (Wildman–Crippen MR) is 77.0 cm³/mol. The molecule has 1 heterocycles. The summed E-state index contributed by atoms with van der Waals surface area (Å²) in [5.74, 6) is -0.00959. The number of anilines is 1. The molecular weight excluding hydrogens is 280 g/mol. The van der Waals surface area contributed by atoms with Crippen LogP contribution in [0.25, 0.3) is 0 Å². The molecule has 20 heavy (non-hydrogen) atoms. The fourth-order valence-corrected chi connectivity index (χ4v) is 3.38. The second-order valence-electron chi connectivity index (χ2n) is 4.64. The Morgan fingerprint density at radius 3 is 2.90 bits per heavy atom. The maximum absolute atomic E-state index is 12.3. The van der Waals surface area contributed by atoms with Crippen LogP contribution in [0.2, 0.25) is 0 Å². The lowest BCUT2D eigenvalue weighted by atomic mass is 10.1. The minimum absolute atomic E-state index is 0.00959. The Kier molecular flexibility index (Phi) is 4.85. The van der Waals surface area contributed by atoms with E-state index < -0.39 is 10.2 Å². The average Bonchev–Trinajstić information content (AvgIpc) is 2.70. The Hall–Kier alpha value is -1.31. The fourth-order valence-electron chi connectivity index (χ4n) is 2.13. The van der Waals surface area contributed by atoms with Crippen LogP contribution in [0.1, 0.15) is 18.9 Å². The van der Waals surface area contributed by atoms with Gasteiger partial charge in [0, 0.05) is 19.7 Å². The van der Waals surface area contributed by atoms with E-state index >= 15 is 0 Å². The van der Waals surface area contributed by atoms with Gasteiger partial charge in [-0.3, -0.25) is 4.72 Å². The number of aryl methyl sites for hydroxylation is 1. The van der Waals surface area contributed by atoms with E-state index in [2.05, 4.69) is 4.72 Å². The first-order valence-electron chi connectivity index (χ1n) is 6.71. The third-order valence-corrected chi connectivity index (χ3v) is 4.78. The van der Waals surface area contributed by atoms with Crippen molar-refractivity contribution < 1.29 is 18.3 Å². The van der Waals surface area contributed by atoms with E-state index in [9.17, 15) is 13.5 Å². The summed E-state index contributed by atoms with van der Waals surface area (Å²) < 4.78 is 33.7. The second-order valence-corrected chi connectivity index (χ2v) is 6.31. The summed E-state index contributed by atoms with van der Waals surface area (Å²) in [7, 11) is -3.66. The molecule has 1 aromatic rings. The van der Waals surface area contributed by atoms with Gasteiger partial charge in [-0.2, -0.15) is 12.7 Å². The van der Waals surface area contributed by atoms with Crippen molar-refractivity contribution in [3.05, 3.63) is 23.8 Å². The van der Waals surface area contributed by atoms with Gasteiger partial charge in [-0.1, -0.05) is 19.1 Å². The minimum atomic E-state index is -3.66. The number of para-hydroxylation sites is 1. The molecule has 1 fully saturated rings. The van der Waals surface area contributed by atoms with E-state index in [0.717, 1.165) is 0 Å². The molecule has 2 rings (SSSR count). The third-order valence-electron chi connectivity index (χ3n) is 3.26. The molecule has 0 spiro atoms. The Balaban J connectivity index is 2.19. The van der Waals surface area contributed by atoms with Crippen molar-refractivity contribution in [1.29, 1.82) is 0 Å². The summed E-state index contributed by atoms with van der Waals surface area (Å²) in [5, 5.41) is 10.0. The van der Waals surface area contributed by atoms with Crippen LogP contribution in [-0.4, -0.2) is 44.1 Å². The highest BCUT2D eigenvalue weighted by Crippen LogP contribution is 2.29. The van der Waals surface area contributed by atoms with E-state index in [1.54, 1.807) is 18.2 Å². The summed E-state index contributed by atoms with van der Waals surface area (Å²) in [6, 6.07) is 5.05. The molecule has 1 aliphatic heterocycles. The van der Waals surface area contributed by atoms with Gasteiger partial charge in [0.15, 0.2) is 0 Å². The molecule has 0 aliphatic carbocycles. The van der Waals surface area contributed by atoms with Gasteiger partial charge in [0.25, 0.3) is 0 Å². The van der Waals surface area contributed by atoms with Crippen LogP contribution in [-0.2, 0) is 21.4 Å². The van der Waals surface area contributed by atoms with Gasteiger partial charge in [0.05, 0.1) is 12.3 Å². The van der Waals surface area contributed by atoms with Crippen LogP contribution in [0.15, 0.2) is 18.2 Å². The summed E-state index contributed by atoms with van der Waals surface area (Å²) in [4.78, 5) is 0. The first-order valence-corrected chi connectivity index (χ1v) is 8.15. The molecule has 0 bridgehead atoms. The summed E-state index contributed by atoms with van der Waals surface area (Å²) in [6.07, 6.45) is 1.31. The van der Waals surface area contributed by atoms with Gasteiger partial charge < -0.3 is 9.84 Å². The number of aromatic hydroxyl groups is 1. The average molecular weight is 300 g/mol. The highest BCUT2D eigenvalue weighted by atomic mass is 32.2. The molecule has 0 atom stereocenters. The molecule has 0 amide bonds. The van der Waals surface area contributed by atoms with Crippen LogP contribution in [0.4, 0.5) is 5.69 Å². The Labute approximate surface area is 119 Å². The van der Waals surface area contributed by atoms with Crippen LogP contribution in [0, 0.1) is 0 Å². The van der Waals surface area contributed by atoms with Crippen molar-refractivity contribution >= 4 is 15.9 Å². The number of ether oxygens (including phenoxy) is 1. The molecular formula is C13H20N2O4S. The lowest BCUT2D eigenvalue weighted by Crippen LogP contribution is -2.37. The van der Waals surface area contributed by atoms with Crippen molar-refractivity contribution in [3.8, 4) is 5.75 Å². The zero-order valence-corrected chi connectivity index (χ0v) is 12.3. The minimum Gasteiger partial charge on any atom is -0.505 e. The SMILES string of the molecule is CCc1cccc(NS(=O)(=O)N2CCCOCC2)c1O. The Morgan fingerprint density at radius 1 is 1.35 bits per heavy atom. The number of rotatable bonds is 4. The summed E-state index contributed by atoms with van der Waals surface area (Å²) in [6.45, 7) is 3.61. The number of nitrogens with one attached hydrogen (secondary N) is 1. The zero-order chi connectivity index (χ0) is 14.6. The molecule has 7 heteroatoms. The predicted octanol–water partition coefficient (Wildman–Crippen LogP) is 1.33. The van der Waals surface area contributed by atoms with Gasteiger partial charge in [-0.05, 0) is 24.5 Å². The van der Waals surface area contributed by atoms with Crippen molar-refractivity contribution in [2.75, 3.05) is 31.0 Å². The third kappa shape index (κ3) is 3.41. The number of hydrogen-bond acceptors (Lipinski definition) is 4. The molecule has 1 aliphatic rings.